The van der Waals surface area contributed by atoms with E-state index in [0.717, 1.165) is 0 Å². The van der Waals surface area contributed by atoms with Crippen molar-refractivity contribution in [2.24, 2.45) is 0 Å². The molecule has 0 saturated carbocycles. The standard InChI is InChI=1S/C26H26ClN3O4/c1-17(2)34-21-10-6-19(7-11-21)24(31)22-23(18-4-8-20(27)9-5-18)30(26(33)25(22)32)14-3-13-29-15-12-28-16-29/h4-12,15-17,23,31H,3,13-14H2,1-2H3/t23-/m0/s1. The average Bonchev–Trinajstić information content (AvgIpc) is 3.42. The van der Waals surface area contributed by atoms with Crippen LogP contribution in [0.2, 0.25) is 5.02 Å². The number of amides is 1. The smallest absolute Gasteiger partial charge is 0.295 e. The zero-order valence-corrected chi connectivity index (χ0v) is 19.8. The van der Waals surface area contributed by atoms with Crippen LogP contribution in [0, 0.1) is 0 Å². The lowest BCUT2D eigenvalue weighted by Gasteiger charge is -2.25. The molecule has 3 aromatic rings. The molecule has 8 heteroatoms. The van der Waals surface area contributed by atoms with Crippen molar-refractivity contribution in [1.29, 1.82) is 0 Å². The van der Waals surface area contributed by atoms with Gasteiger partial charge in [-0.1, -0.05) is 23.7 Å². The molecule has 1 fully saturated rings. The molecule has 0 unspecified atom stereocenters. The van der Waals surface area contributed by atoms with Crippen LogP contribution >= 0.6 is 11.6 Å². The van der Waals surface area contributed by atoms with Crippen LogP contribution in [0.25, 0.3) is 5.76 Å². The summed E-state index contributed by atoms with van der Waals surface area (Å²) in [7, 11) is 0. The number of ketones is 1. The minimum atomic E-state index is -0.716. The quantitative estimate of drug-likeness (QED) is 0.284. The van der Waals surface area contributed by atoms with Crippen LogP contribution < -0.4 is 4.74 Å². The molecule has 34 heavy (non-hydrogen) atoms. The Hall–Kier alpha value is -3.58. The van der Waals surface area contributed by atoms with E-state index < -0.39 is 17.7 Å². The number of aliphatic hydroxyl groups excluding tert-OH is 1. The van der Waals surface area contributed by atoms with Gasteiger partial charge in [0.25, 0.3) is 11.7 Å². The highest BCUT2D eigenvalue weighted by Crippen LogP contribution is 2.40. The third-order valence-electron chi connectivity index (χ3n) is 5.60. The highest BCUT2D eigenvalue weighted by molar-refractivity contribution is 6.46. The predicted molar refractivity (Wildman–Crippen MR) is 130 cm³/mol. The molecular formula is C26H26ClN3O4. The molecule has 2 aromatic carbocycles. The molecule has 0 aliphatic carbocycles. The number of imidazole rings is 1. The van der Waals surface area contributed by atoms with E-state index in [-0.39, 0.29) is 17.4 Å². The van der Waals surface area contributed by atoms with Crippen LogP contribution in [0.1, 0.15) is 37.4 Å². The minimum absolute atomic E-state index is 0.0111. The van der Waals surface area contributed by atoms with Crippen LogP contribution in [-0.4, -0.2) is 43.9 Å². The fourth-order valence-electron chi connectivity index (χ4n) is 4.06. The highest BCUT2D eigenvalue weighted by atomic mass is 35.5. The monoisotopic (exact) mass is 479 g/mol. The number of hydrogen-bond donors (Lipinski definition) is 1. The third kappa shape index (κ3) is 4.99. The maximum absolute atomic E-state index is 13.1. The van der Waals surface area contributed by atoms with Gasteiger partial charge in [0.05, 0.1) is 24.0 Å². The van der Waals surface area contributed by atoms with Gasteiger partial charge in [-0.25, -0.2) is 4.98 Å². The first-order chi connectivity index (χ1) is 16.3. The van der Waals surface area contributed by atoms with Gasteiger partial charge < -0.3 is 19.3 Å². The van der Waals surface area contributed by atoms with Crippen LogP contribution in [0.4, 0.5) is 0 Å². The fourth-order valence-corrected chi connectivity index (χ4v) is 4.19. The second kappa shape index (κ2) is 10.1. The highest BCUT2D eigenvalue weighted by Gasteiger charge is 2.45. The lowest BCUT2D eigenvalue weighted by molar-refractivity contribution is -0.139. The van der Waals surface area contributed by atoms with E-state index in [9.17, 15) is 14.7 Å². The molecule has 1 saturated heterocycles. The van der Waals surface area contributed by atoms with Crippen molar-refractivity contribution in [3.63, 3.8) is 0 Å². The molecule has 0 bridgehead atoms. The van der Waals surface area contributed by atoms with Gasteiger partial charge in [-0.3, -0.25) is 9.59 Å². The van der Waals surface area contributed by atoms with Crippen molar-refractivity contribution in [3.8, 4) is 5.75 Å². The first kappa shape index (κ1) is 23.6. The summed E-state index contributed by atoms with van der Waals surface area (Å²) in [5.41, 5.74) is 1.20. The van der Waals surface area contributed by atoms with Gasteiger partial charge in [0.2, 0.25) is 0 Å². The largest absolute Gasteiger partial charge is 0.507 e. The van der Waals surface area contributed by atoms with Crippen LogP contribution in [0.5, 0.6) is 5.75 Å². The molecule has 0 radical (unpaired) electrons. The van der Waals surface area contributed by atoms with E-state index in [1.807, 2.05) is 24.6 Å². The summed E-state index contributed by atoms with van der Waals surface area (Å²) in [6.45, 7) is 4.84. The van der Waals surface area contributed by atoms with E-state index in [2.05, 4.69) is 4.98 Å². The molecule has 1 amide bonds. The molecule has 1 N–H and O–H groups in total. The predicted octanol–water partition coefficient (Wildman–Crippen LogP) is 4.84. The summed E-state index contributed by atoms with van der Waals surface area (Å²) in [6, 6.07) is 13.1. The molecule has 1 aromatic heterocycles. The zero-order valence-electron chi connectivity index (χ0n) is 19.0. The number of nitrogens with zero attached hydrogens (tertiary/aromatic N) is 3. The third-order valence-corrected chi connectivity index (χ3v) is 5.85. The number of carbonyl (C=O) groups is 2. The van der Waals surface area contributed by atoms with E-state index in [1.165, 1.54) is 4.90 Å². The number of likely N-dealkylation sites (tertiary alicyclic amines) is 1. The molecule has 7 nitrogen and oxygen atoms in total. The SMILES string of the molecule is CC(C)Oc1ccc(C(O)=C2C(=O)C(=O)N(CCCn3ccnc3)[C@H]2c2ccc(Cl)cc2)cc1. The Bertz CT molecular complexity index is 1190. The van der Waals surface area contributed by atoms with Crippen molar-refractivity contribution in [2.45, 2.75) is 39.0 Å². The summed E-state index contributed by atoms with van der Waals surface area (Å²) in [5.74, 6) is -0.901. The van der Waals surface area contributed by atoms with Gasteiger partial charge in [0.15, 0.2) is 0 Å². The number of aryl methyl sites for hydroxylation is 1. The number of ether oxygens (including phenoxy) is 1. The molecule has 176 valence electrons. The summed E-state index contributed by atoms with van der Waals surface area (Å²) >= 11 is 6.07. The van der Waals surface area contributed by atoms with Gasteiger partial charge in [0, 0.05) is 36.1 Å². The second-order valence-electron chi connectivity index (χ2n) is 8.39. The van der Waals surface area contributed by atoms with Crippen LogP contribution in [0.15, 0.2) is 72.8 Å². The average molecular weight is 480 g/mol. The van der Waals surface area contributed by atoms with Gasteiger partial charge in [0.1, 0.15) is 11.5 Å². The molecule has 1 aliphatic heterocycles. The molecule has 2 heterocycles. The molecule has 4 rings (SSSR count). The minimum Gasteiger partial charge on any atom is -0.507 e. The number of aromatic nitrogens is 2. The molecular weight excluding hydrogens is 454 g/mol. The first-order valence-electron chi connectivity index (χ1n) is 11.1. The van der Waals surface area contributed by atoms with E-state index in [1.54, 1.807) is 61.1 Å². The number of benzene rings is 2. The Morgan fingerprint density at radius 1 is 1.09 bits per heavy atom. The normalized spacial score (nSPS) is 17.5. The fraction of sp³-hybridized carbons (Fsp3) is 0.269. The van der Waals surface area contributed by atoms with Gasteiger partial charge >= 0.3 is 0 Å². The summed E-state index contributed by atoms with van der Waals surface area (Å²) < 4.78 is 7.57. The summed E-state index contributed by atoms with van der Waals surface area (Å²) in [5, 5.41) is 11.7. The van der Waals surface area contributed by atoms with Crippen molar-refractivity contribution in [1.82, 2.24) is 14.5 Å². The van der Waals surface area contributed by atoms with Crippen molar-refractivity contribution >= 4 is 29.1 Å². The van der Waals surface area contributed by atoms with E-state index in [4.69, 9.17) is 16.3 Å². The Balaban J connectivity index is 1.69. The molecule has 1 atom stereocenters. The number of carbonyl (C=O) groups excluding carboxylic acids is 2. The second-order valence-corrected chi connectivity index (χ2v) is 8.83. The van der Waals surface area contributed by atoms with Crippen molar-refractivity contribution in [2.75, 3.05) is 6.54 Å². The Labute approximate surface area is 203 Å². The van der Waals surface area contributed by atoms with Crippen LogP contribution in [-0.2, 0) is 16.1 Å². The van der Waals surface area contributed by atoms with Crippen LogP contribution in [0.3, 0.4) is 0 Å². The zero-order chi connectivity index (χ0) is 24.2. The van der Waals surface area contributed by atoms with Gasteiger partial charge in [-0.15, -0.1) is 0 Å². The summed E-state index contributed by atoms with van der Waals surface area (Å²) in [4.78, 5) is 31.7. The van der Waals surface area contributed by atoms with Gasteiger partial charge in [-0.05, 0) is 62.2 Å². The van der Waals surface area contributed by atoms with Crippen molar-refractivity contribution < 1.29 is 19.4 Å². The Kier molecular flexibility index (Phi) is 7.03. The number of halogens is 1. The van der Waals surface area contributed by atoms with Crippen molar-refractivity contribution in [3.05, 3.63) is 89.0 Å². The number of hydrogen-bond acceptors (Lipinski definition) is 5. The topological polar surface area (TPSA) is 84.7 Å². The molecule has 1 aliphatic rings. The number of rotatable bonds is 8. The van der Waals surface area contributed by atoms with Gasteiger partial charge in [-0.2, -0.15) is 0 Å². The lowest BCUT2D eigenvalue weighted by Crippen LogP contribution is -2.31. The number of Topliss-reactive ketones (excluding diaryl/α,β-unsaturated/α-hetero) is 1. The molecule has 0 spiro atoms. The Morgan fingerprint density at radius 2 is 1.79 bits per heavy atom. The first-order valence-corrected chi connectivity index (χ1v) is 11.5. The Morgan fingerprint density at radius 3 is 2.41 bits per heavy atom. The number of aliphatic hydroxyl groups is 1. The summed E-state index contributed by atoms with van der Waals surface area (Å²) in [6.07, 6.45) is 5.87. The maximum Gasteiger partial charge on any atom is 0.295 e. The van der Waals surface area contributed by atoms with E-state index in [0.29, 0.717) is 41.4 Å². The maximum atomic E-state index is 13.1. The lowest BCUT2D eigenvalue weighted by atomic mass is 9.95. The van der Waals surface area contributed by atoms with E-state index >= 15 is 0 Å².